The molecule has 5 heteroatoms. The van der Waals surface area contributed by atoms with Gasteiger partial charge < -0.3 is 10.1 Å². The van der Waals surface area contributed by atoms with Crippen LogP contribution in [0.4, 0.5) is 5.69 Å². The van der Waals surface area contributed by atoms with Gasteiger partial charge in [-0.05, 0) is 69.7 Å². The molecule has 1 aromatic carbocycles. The van der Waals surface area contributed by atoms with Gasteiger partial charge in [0.1, 0.15) is 0 Å². The predicted octanol–water partition coefficient (Wildman–Crippen LogP) is 3.16. The molecule has 20 heavy (non-hydrogen) atoms. The molecule has 1 aliphatic rings. The van der Waals surface area contributed by atoms with Crippen molar-refractivity contribution in [1.29, 1.82) is 0 Å². The maximum absolute atomic E-state index is 11.2. The second kappa shape index (κ2) is 6.22. The summed E-state index contributed by atoms with van der Waals surface area (Å²) in [6, 6.07) is 2.98. The molecule has 1 fully saturated rings. The van der Waals surface area contributed by atoms with Gasteiger partial charge in [-0.1, -0.05) is 0 Å². The molecule has 0 atom stereocenters. The molecule has 5 nitrogen and oxygen atoms in total. The highest BCUT2D eigenvalue weighted by Crippen LogP contribution is 2.36. The lowest BCUT2D eigenvalue weighted by molar-refractivity contribution is -0.386. The molecule has 2 rings (SSSR count). The molecule has 0 aromatic heterocycles. The Bertz CT molecular complexity index is 634. The Labute approximate surface area is 125 Å². The zero-order valence-electron chi connectivity index (χ0n) is 15.9. The molecule has 1 aliphatic heterocycles. The maximum atomic E-state index is 11.2. The minimum atomic E-state index is -1.85. The third kappa shape index (κ3) is 3.28. The van der Waals surface area contributed by atoms with E-state index in [1.54, 1.807) is 26.8 Å². The van der Waals surface area contributed by atoms with E-state index in [0.29, 0.717) is 11.1 Å². The highest BCUT2D eigenvalue weighted by Gasteiger charge is 2.23. The summed E-state index contributed by atoms with van der Waals surface area (Å²) in [4.78, 5) is 10.7. The van der Waals surface area contributed by atoms with Crippen molar-refractivity contribution in [2.24, 2.45) is 0 Å². The van der Waals surface area contributed by atoms with Crippen LogP contribution in [0.3, 0.4) is 0 Å². The largest absolute Gasteiger partial charge is 0.484 e. The van der Waals surface area contributed by atoms with Crippen LogP contribution in [0.25, 0.3) is 0 Å². The highest BCUT2D eigenvalue weighted by atomic mass is 16.6. The standard InChI is InChI=1S/C15H22N2O3/c1-10(2)20-15-9-13(12-4-6-16-7-5-12)11(3)8-14(15)17(18)19/h8-10,12,16H,4-7H2,1-3H3/i6D2,7D2. The van der Waals surface area contributed by atoms with Crippen LogP contribution in [0.15, 0.2) is 12.1 Å². The molecular formula is C15H22N2O3. The van der Waals surface area contributed by atoms with Crippen molar-refractivity contribution >= 4 is 5.69 Å². The Kier molecular flexibility index (Phi) is 3.16. The number of hydrogen-bond acceptors (Lipinski definition) is 4. The number of nitrogens with zero attached hydrogens (tertiary/aromatic N) is 1. The highest BCUT2D eigenvalue weighted by molar-refractivity contribution is 5.53. The van der Waals surface area contributed by atoms with E-state index in [4.69, 9.17) is 10.2 Å². The summed E-state index contributed by atoms with van der Waals surface area (Å²) >= 11 is 0. The summed E-state index contributed by atoms with van der Waals surface area (Å²) in [6.45, 7) is 1.56. The average molecular weight is 282 g/mol. The number of hydrogen-bond donors (Lipinski definition) is 1. The summed E-state index contributed by atoms with van der Waals surface area (Å²) < 4.78 is 37.1. The number of benzene rings is 1. The molecule has 1 saturated heterocycles. The van der Waals surface area contributed by atoms with Crippen LogP contribution in [-0.4, -0.2) is 24.0 Å². The molecule has 0 saturated carbocycles. The first kappa shape index (κ1) is 10.2. The van der Waals surface area contributed by atoms with E-state index < -0.39 is 23.8 Å². The molecule has 0 spiro atoms. The van der Waals surface area contributed by atoms with Gasteiger partial charge in [0, 0.05) is 11.5 Å². The number of rotatable bonds is 4. The number of aryl methyl sites for hydroxylation is 1. The van der Waals surface area contributed by atoms with Crippen molar-refractivity contribution in [3.8, 4) is 5.75 Å². The van der Waals surface area contributed by atoms with Crippen LogP contribution < -0.4 is 10.1 Å². The van der Waals surface area contributed by atoms with Crippen LogP contribution in [0.2, 0.25) is 0 Å². The SMILES string of the molecule is [2H]C1([2H])CC(c2cc(OC(C)C)c([N+](=O)[O-])cc2C)CC([2H])([2H])N1. The van der Waals surface area contributed by atoms with E-state index >= 15 is 0 Å². The van der Waals surface area contributed by atoms with Crippen LogP contribution >= 0.6 is 0 Å². The topological polar surface area (TPSA) is 64.4 Å². The molecule has 0 bridgehead atoms. The van der Waals surface area contributed by atoms with Crippen molar-refractivity contribution in [1.82, 2.24) is 5.32 Å². The van der Waals surface area contributed by atoms with Crippen LogP contribution in [-0.2, 0) is 0 Å². The first-order valence-corrected chi connectivity index (χ1v) is 6.65. The van der Waals surface area contributed by atoms with E-state index in [-0.39, 0.29) is 30.4 Å². The van der Waals surface area contributed by atoms with E-state index in [0.717, 1.165) is 0 Å². The zero-order chi connectivity index (χ0) is 18.3. The first-order valence-electron chi connectivity index (χ1n) is 8.65. The molecule has 110 valence electrons. The van der Waals surface area contributed by atoms with E-state index in [1.807, 2.05) is 0 Å². The molecule has 0 unspecified atom stereocenters. The van der Waals surface area contributed by atoms with Crippen molar-refractivity contribution in [3.05, 3.63) is 33.4 Å². The quantitative estimate of drug-likeness (QED) is 0.680. The summed E-state index contributed by atoms with van der Waals surface area (Å²) in [5.41, 5.74) is 1.19. The fraction of sp³-hybridized carbons (Fsp3) is 0.600. The van der Waals surface area contributed by atoms with Crippen LogP contribution in [0.1, 0.15) is 49.2 Å². The normalized spacial score (nSPS) is 24.4. The predicted molar refractivity (Wildman–Crippen MR) is 78.4 cm³/mol. The van der Waals surface area contributed by atoms with E-state index in [1.165, 1.54) is 6.07 Å². The van der Waals surface area contributed by atoms with Gasteiger partial charge in [0.25, 0.3) is 0 Å². The minimum Gasteiger partial charge on any atom is -0.484 e. The molecule has 1 heterocycles. The Morgan fingerprint density at radius 2 is 2.10 bits per heavy atom. The van der Waals surface area contributed by atoms with Gasteiger partial charge in [-0.15, -0.1) is 0 Å². The molecule has 0 aliphatic carbocycles. The number of piperidine rings is 1. The fourth-order valence-electron chi connectivity index (χ4n) is 2.32. The Balaban J connectivity index is 2.48. The smallest absolute Gasteiger partial charge is 0.311 e. The maximum Gasteiger partial charge on any atom is 0.311 e. The molecule has 1 aromatic rings. The molecule has 1 N–H and O–H groups in total. The van der Waals surface area contributed by atoms with Crippen LogP contribution in [0.5, 0.6) is 5.75 Å². The zero-order valence-corrected chi connectivity index (χ0v) is 11.9. The Morgan fingerprint density at radius 1 is 1.45 bits per heavy atom. The van der Waals surface area contributed by atoms with Gasteiger partial charge in [-0.2, -0.15) is 0 Å². The Hall–Kier alpha value is -1.62. The van der Waals surface area contributed by atoms with Gasteiger partial charge in [0.05, 0.1) is 11.0 Å². The fourth-order valence-corrected chi connectivity index (χ4v) is 2.32. The van der Waals surface area contributed by atoms with Crippen molar-refractivity contribution in [3.63, 3.8) is 0 Å². The van der Waals surface area contributed by atoms with Crippen LogP contribution in [0, 0.1) is 17.0 Å². The van der Waals surface area contributed by atoms with E-state index in [2.05, 4.69) is 5.32 Å². The average Bonchev–Trinajstić information content (AvgIpc) is 2.35. The number of nitro groups is 1. The molecule has 0 radical (unpaired) electrons. The van der Waals surface area contributed by atoms with Gasteiger partial charge >= 0.3 is 5.69 Å². The van der Waals surface area contributed by atoms with Gasteiger partial charge in [0.15, 0.2) is 5.75 Å². The molecular weight excluding hydrogens is 256 g/mol. The second-order valence-corrected chi connectivity index (χ2v) is 5.18. The summed E-state index contributed by atoms with van der Waals surface area (Å²) in [6.07, 6.45) is -0.0661. The molecule has 0 amide bonds. The minimum absolute atomic E-state index is 0.0896. The summed E-state index contributed by atoms with van der Waals surface area (Å²) in [5.74, 6) is -0.262. The van der Waals surface area contributed by atoms with Crippen molar-refractivity contribution in [2.45, 2.75) is 45.6 Å². The second-order valence-electron chi connectivity index (χ2n) is 5.18. The van der Waals surface area contributed by atoms with Gasteiger partial charge in [0.2, 0.25) is 0 Å². The van der Waals surface area contributed by atoms with Crippen molar-refractivity contribution in [2.75, 3.05) is 13.0 Å². The first-order chi connectivity index (χ1) is 10.9. The third-order valence-corrected chi connectivity index (χ3v) is 3.22. The monoisotopic (exact) mass is 282 g/mol. The lowest BCUT2D eigenvalue weighted by atomic mass is 9.87. The number of nitro benzene ring substituents is 1. The lowest BCUT2D eigenvalue weighted by Crippen LogP contribution is -2.27. The number of ether oxygens (including phenoxy) is 1. The lowest BCUT2D eigenvalue weighted by Gasteiger charge is -2.25. The Morgan fingerprint density at radius 3 is 2.65 bits per heavy atom. The number of nitrogens with one attached hydrogen (secondary N) is 1. The van der Waals surface area contributed by atoms with Gasteiger partial charge in [-0.3, -0.25) is 10.1 Å². The van der Waals surface area contributed by atoms with E-state index in [9.17, 15) is 10.1 Å². The van der Waals surface area contributed by atoms with Gasteiger partial charge in [-0.25, -0.2) is 0 Å². The summed E-state index contributed by atoms with van der Waals surface area (Å²) in [5, 5.41) is 13.6. The van der Waals surface area contributed by atoms with Crippen molar-refractivity contribution < 1.29 is 15.1 Å². The summed E-state index contributed by atoms with van der Waals surface area (Å²) in [7, 11) is 0. The third-order valence-electron chi connectivity index (χ3n) is 3.22.